The lowest BCUT2D eigenvalue weighted by Crippen LogP contribution is -2.44. The fourth-order valence-electron chi connectivity index (χ4n) is 2.56. The molecule has 2 N–H and O–H groups in total. The van der Waals surface area contributed by atoms with E-state index in [1.807, 2.05) is 6.92 Å². The Morgan fingerprint density at radius 2 is 2.24 bits per heavy atom. The van der Waals surface area contributed by atoms with Gasteiger partial charge in [0.1, 0.15) is 0 Å². The first-order valence-electron chi connectivity index (χ1n) is 5.64. The maximum Gasteiger partial charge on any atom is 0.228 e. The van der Waals surface area contributed by atoms with Crippen LogP contribution < -0.4 is 5.73 Å². The molecule has 0 radical (unpaired) electrons. The zero-order chi connectivity index (χ0) is 12.6. The molecule has 1 atom stereocenters. The first-order valence-corrected chi connectivity index (χ1v) is 6.02. The number of Topliss-reactive ketones (excluding diaryl/α,β-unsaturated/α-hetero) is 1. The predicted octanol–water partition coefficient (Wildman–Crippen LogP) is 2.45. The Balaban J connectivity index is 2.67. The maximum atomic E-state index is 11.9. The van der Waals surface area contributed by atoms with Crippen LogP contribution in [0, 0.1) is 0 Å². The minimum Gasteiger partial charge on any atom is -0.369 e. The summed E-state index contributed by atoms with van der Waals surface area (Å²) in [4.78, 5) is 23.6. The smallest absolute Gasteiger partial charge is 0.228 e. The van der Waals surface area contributed by atoms with Crippen molar-refractivity contribution in [3.8, 4) is 0 Å². The number of primary amides is 1. The Hall–Kier alpha value is -1.35. The van der Waals surface area contributed by atoms with E-state index in [1.54, 1.807) is 18.2 Å². The fourth-order valence-corrected chi connectivity index (χ4v) is 2.73. The molecule has 0 aliphatic heterocycles. The molecule has 1 aromatic rings. The third-order valence-corrected chi connectivity index (χ3v) is 3.89. The number of rotatable bonds is 2. The minimum absolute atomic E-state index is 0.0350. The molecule has 0 aromatic heterocycles. The zero-order valence-electron chi connectivity index (χ0n) is 9.63. The van der Waals surface area contributed by atoms with Gasteiger partial charge in [0, 0.05) is 17.0 Å². The third-order valence-electron chi connectivity index (χ3n) is 3.65. The summed E-state index contributed by atoms with van der Waals surface area (Å²) in [6.07, 6.45) is 1.45. The van der Waals surface area contributed by atoms with Gasteiger partial charge in [0.15, 0.2) is 5.78 Å². The number of hydrogen-bond donors (Lipinski definition) is 1. The topological polar surface area (TPSA) is 60.2 Å². The largest absolute Gasteiger partial charge is 0.369 e. The monoisotopic (exact) mass is 251 g/mol. The Morgan fingerprint density at radius 3 is 2.82 bits per heavy atom. The van der Waals surface area contributed by atoms with E-state index in [1.165, 1.54) is 0 Å². The normalized spacial score (nSPS) is 23.3. The standard InChI is InChI=1S/C13H14ClNO2/c1-2-13(12(15)17)6-5-11(16)9-7-8(14)3-4-10(9)13/h3-4,7H,2,5-6H2,1H3,(H2,15,17). The number of nitrogens with two attached hydrogens (primary N) is 1. The van der Waals surface area contributed by atoms with Crippen LogP contribution in [0.2, 0.25) is 5.02 Å². The van der Waals surface area contributed by atoms with Gasteiger partial charge in [-0.05, 0) is 30.5 Å². The van der Waals surface area contributed by atoms with Gasteiger partial charge in [0.2, 0.25) is 5.91 Å². The molecule has 0 bridgehead atoms. The molecule has 17 heavy (non-hydrogen) atoms. The zero-order valence-corrected chi connectivity index (χ0v) is 10.4. The molecule has 2 rings (SSSR count). The van der Waals surface area contributed by atoms with E-state index < -0.39 is 5.41 Å². The van der Waals surface area contributed by atoms with Gasteiger partial charge in [0.05, 0.1) is 5.41 Å². The number of carbonyl (C=O) groups excluding carboxylic acids is 2. The summed E-state index contributed by atoms with van der Waals surface area (Å²) in [5.41, 5.74) is 6.09. The van der Waals surface area contributed by atoms with Crippen LogP contribution in [0.1, 0.15) is 42.1 Å². The average molecular weight is 252 g/mol. The van der Waals surface area contributed by atoms with E-state index in [2.05, 4.69) is 0 Å². The van der Waals surface area contributed by atoms with Crippen molar-refractivity contribution in [2.24, 2.45) is 5.73 Å². The van der Waals surface area contributed by atoms with Gasteiger partial charge in [0.25, 0.3) is 0 Å². The second kappa shape index (κ2) is 4.15. The summed E-state index contributed by atoms with van der Waals surface area (Å²) in [5, 5.41) is 0.508. The van der Waals surface area contributed by atoms with Gasteiger partial charge in [-0.25, -0.2) is 0 Å². The molecule has 4 heteroatoms. The number of fused-ring (bicyclic) bond motifs is 1. The van der Waals surface area contributed by atoms with Crippen molar-refractivity contribution in [3.63, 3.8) is 0 Å². The van der Waals surface area contributed by atoms with Gasteiger partial charge in [-0.1, -0.05) is 24.6 Å². The molecule has 3 nitrogen and oxygen atoms in total. The van der Waals surface area contributed by atoms with Gasteiger partial charge < -0.3 is 5.73 Å². The second-order valence-electron chi connectivity index (χ2n) is 4.41. The molecule has 1 amide bonds. The van der Waals surface area contributed by atoms with Gasteiger partial charge in [-0.2, -0.15) is 0 Å². The van der Waals surface area contributed by atoms with Crippen molar-refractivity contribution in [2.45, 2.75) is 31.6 Å². The van der Waals surface area contributed by atoms with E-state index in [9.17, 15) is 9.59 Å². The van der Waals surface area contributed by atoms with E-state index >= 15 is 0 Å². The van der Waals surface area contributed by atoms with Crippen LogP contribution >= 0.6 is 11.6 Å². The molecular weight excluding hydrogens is 238 g/mol. The first kappa shape index (κ1) is 12.1. The van der Waals surface area contributed by atoms with Crippen LogP contribution in [0.3, 0.4) is 0 Å². The van der Waals surface area contributed by atoms with Crippen LogP contribution in [-0.4, -0.2) is 11.7 Å². The maximum absolute atomic E-state index is 11.9. The molecule has 1 aliphatic rings. The van der Waals surface area contributed by atoms with Crippen molar-refractivity contribution in [1.29, 1.82) is 0 Å². The van der Waals surface area contributed by atoms with Gasteiger partial charge in [-0.3, -0.25) is 9.59 Å². The number of benzene rings is 1. The highest BCUT2D eigenvalue weighted by Gasteiger charge is 2.42. The predicted molar refractivity (Wildman–Crippen MR) is 66.2 cm³/mol. The van der Waals surface area contributed by atoms with Crippen molar-refractivity contribution in [2.75, 3.05) is 0 Å². The lowest BCUT2D eigenvalue weighted by Gasteiger charge is -2.35. The first-order chi connectivity index (χ1) is 8.01. The van der Waals surface area contributed by atoms with Crippen LogP contribution in [0.15, 0.2) is 18.2 Å². The number of hydrogen-bond acceptors (Lipinski definition) is 2. The Bertz CT molecular complexity index is 498. The van der Waals surface area contributed by atoms with Crippen molar-refractivity contribution >= 4 is 23.3 Å². The van der Waals surface area contributed by atoms with Crippen molar-refractivity contribution in [3.05, 3.63) is 34.3 Å². The van der Waals surface area contributed by atoms with Crippen LogP contribution in [0.4, 0.5) is 0 Å². The summed E-state index contributed by atoms with van der Waals surface area (Å²) < 4.78 is 0. The van der Waals surface area contributed by atoms with Crippen LogP contribution in [0.5, 0.6) is 0 Å². The Labute approximate surface area is 105 Å². The SMILES string of the molecule is CCC1(C(N)=O)CCC(=O)c2cc(Cl)ccc21. The third kappa shape index (κ3) is 1.75. The summed E-state index contributed by atoms with van der Waals surface area (Å²) >= 11 is 5.89. The van der Waals surface area contributed by atoms with Gasteiger partial charge in [-0.15, -0.1) is 0 Å². The Kier molecular flexibility index (Phi) is 2.96. The van der Waals surface area contributed by atoms with Crippen LogP contribution in [0.25, 0.3) is 0 Å². The molecule has 0 spiro atoms. The lowest BCUT2D eigenvalue weighted by atomic mass is 9.67. The molecule has 1 unspecified atom stereocenters. The van der Waals surface area contributed by atoms with E-state index in [0.717, 1.165) is 5.56 Å². The number of ketones is 1. The Morgan fingerprint density at radius 1 is 1.53 bits per heavy atom. The molecule has 0 fully saturated rings. The average Bonchev–Trinajstić information content (AvgIpc) is 2.30. The summed E-state index contributed by atoms with van der Waals surface area (Å²) in [6.45, 7) is 1.92. The summed E-state index contributed by atoms with van der Waals surface area (Å²) in [7, 11) is 0. The van der Waals surface area contributed by atoms with E-state index in [-0.39, 0.29) is 11.7 Å². The minimum atomic E-state index is -0.714. The van der Waals surface area contributed by atoms with Crippen LogP contribution in [-0.2, 0) is 10.2 Å². The fraction of sp³-hybridized carbons (Fsp3) is 0.385. The molecule has 1 aromatic carbocycles. The summed E-state index contributed by atoms with van der Waals surface area (Å²) in [6, 6.07) is 5.08. The number of halogens is 1. The molecule has 1 aliphatic carbocycles. The molecule has 0 saturated heterocycles. The molecule has 0 saturated carbocycles. The number of amides is 1. The van der Waals surface area contributed by atoms with Crippen molar-refractivity contribution < 1.29 is 9.59 Å². The van der Waals surface area contributed by atoms with Crippen molar-refractivity contribution in [1.82, 2.24) is 0 Å². The highest BCUT2D eigenvalue weighted by atomic mass is 35.5. The highest BCUT2D eigenvalue weighted by Crippen LogP contribution is 2.40. The van der Waals surface area contributed by atoms with E-state index in [0.29, 0.717) is 29.8 Å². The second-order valence-corrected chi connectivity index (χ2v) is 4.85. The molecule has 90 valence electrons. The quantitative estimate of drug-likeness (QED) is 0.878. The lowest BCUT2D eigenvalue weighted by molar-refractivity contribution is -0.124. The number of carbonyl (C=O) groups is 2. The van der Waals surface area contributed by atoms with E-state index in [4.69, 9.17) is 17.3 Å². The summed E-state index contributed by atoms with van der Waals surface area (Å²) in [5.74, 6) is -0.330. The molecule has 0 heterocycles. The molecular formula is C13H14ClNO2. The highest BCUT2D eigenvalue weighted by molar-refractivity contribution is 6.31. The van der Waals surface area contributed by atoms with Gasteiger partial charge >= 0.3 is 0 Å².